The Kier molecular flexibility index (Phi) is 5.72. The van der Waals surface area contributed by atoms with Crippen molar-refractivity contribution in [3.63, 3.8) is 0 Å². The first-order chi connectivity index (χ1) is 11.5. The zero-order valence-electron chi connectivity index (χ0n) is 12.7. The van der Waals surface area contributed by atoms with Crippen LogP contribution in [0.1, 0.15) is 15.9 Å². The minimum absolute atomic E-state index is 0.154. The Hall–Kier alpha value is -3.10. The van der Waals surface area contributed by atoms with Crippen LogP contribution >= 0.6 is 11.6 Å². The number of benzene rings is 2. The molecule has 6 heteroatoms. The molecule has 2 aromatic carbocycles. The highest BCUT2D eigenvalue weighted by molar-refractivity contribution is 6.30. The molecular weight excluding hydrogens is 330 g/mol. The Balaban J connectivity index is 2.20. The summed E-state index contributed by atoms with van der Waals surface area (Å²) < 4.78 is 9.78. The summed E-state index contributed by atoms with van der Waals surface area (Å²) in [5, 5.41) is 9.48. The number of methoxy groups -OCH3 is 1. The second-order valence-corrected chi connectivity index (χ2v) is 5.07. The molecular formula is C18H12ClNO4. The van der Waals surface area contributed by atoms with E-state index < -0.39 is 11.9 Å². The number of nitriles is 1. The molecule has 0 aliphatic rings. The van der Waals surface area contributed by atoms with Crippen LogP contribution in [0, 0.1) is 11.3 Å². The third-order valence-electron chi connectivity index (χ3n) is 2.99. The van der Waals surface area contributed by atoms with Crippen molar-refractivity contribution in [1.29, 1.82) is 5.26 Å². The van der Waals surface area contributed by atoms with Crippen molar-refractivity contribution in [3.05, 3.63) is 70.3 Å². The van der Waals surface area contributed by atoms with E-state index in [0.29, 0.717) is 16.1 Å². The molecule has 5 nitrogen and oxygen atoms in total. The lowest BCUT2D eigenvalue weighted by molar-refractivity contribution is -0.135. The Labute approximate surface area is 143 Å². The van der Waals surface area contributed by atoms with Gasteiger partial charge in [0.25, 0.3) is 0 Å². The summed E-state index contributed by atoms with van der Waals surface area (Å²) in [5.41, 5.74) is 0.727. The van der Waals surface area contributed by atoms with Gasteiger partial charge in [0.05, 0.1) is 12.7 Å². The van der Waals surface area contributed by atoms with Crippen molar-refractivity contribution in [3.8, 4) is 11.8 Å². The lowest BCUT2D eigenvalue weighted by atomic mass is 10.1. The zero-order valence-corrected chi connectivity index (χ0v) is 13.4. The lowest BCUT2D eigenvalue weighted by Gasteiger charge is -2.05. The number of carbonyl (C=O) groups excluding carboxylic acids is 2. The first-order valence-electron chi connectivity index (χ1n) is 6.81. The van der Waals surface area contributed by atoms with Crippen molar-refractivity contribution < 1.29 is 19.1 Å². The number of ether oxygens (including phenoxy) is 2. The fourth-order valence-electron chi connectivity index (χ4n) is 1.83. The maximum atomic E-state index is 12.1. The number of carbonyl (C=O) groups is 2. The van der Waals surface area contributed by atoms with Crippen molar-refractivity contribution in [2.24, 2.45) is 0 Å². The van der Waals surface area contributed by atoms with E-state index in [4.69, 9.17) is 21.6 Å². The van der Waals surface area contributed by atoms with E-state index in [1.165, 1.54) is 19.3 Å². The van der Waals surface area contributed by atoms with Crippen LogP contribution in [0.4, 0.5) is 0 Å². The van der Waals surface area contributed by atoms with Gasteiger partial charge in [0.2, 0.25) is 0 Å². The van der Waals surface area contributed by atoms with Crippen LogP contribution < -0.4 is 4.74 Å². The number of nitrogens with zero attached hydrogens (tertiary/aromatic N) is 1. The van der Waals surface area contributed by atoms with Gasteiger partial charge in [0.1, 0.15) is 17.4 Å². The highest BCUT2D eigenvalue weighted by atomic mass is 35.5. The van der Waals surface area contributed by atoms with Crippen LogP contribution in [-0.2, 0) is 9.53 Å². The molecule has 0 bridgehead atoms. The topological polar surface area (TPSA) is 76.4 Å². The Bertz CT molecular complexity index is 835. The lowest BCUT2D eigenvalue weighted by Crippen LogP contribution is -2.08. The molecule has 0 spiro atoms. The molecule has 0 fully saturated rings. The van der Waals surface area contributed by atoms with Crippen LogP contribution in [0.25, 0.3) is 6.08 Å². The second-order valence-electron chi connectivity index (χ2n) is 4.63. The summed E-state index contributed by atoms with van der Waals surface area (Å²) in [6.07, 6.45) is 1.35. The van der Waals surface area contributed by atoms with Gasteiger partial charge in [-0.25, -0.2) is 9.59 Å². The van der Waals surface area contributed by atoms with Crippen molar-refractivity contribution in [2.45, 2.75) is 0 Å². The molecule has 0 aliphatic carbocycles. The first kappa shape index (κ1) is 17.3. The van der Waals surface area contributed by atoms with Gasteiger partial charge in [0.15, 0.2) is 0 Å². The average molecular weight is 342 g/mol. The van der Waals surface area contributed by atoms with Crippen molar-refractivity contribution >= 4 is 29.6 Å². The van der Waals surface area contributed by atoms with Crippen LogP contribution in [0.2, 0.25) is 5.02 Å². The summed E-state index contributed by atoms with van der Waals surface area (Å²) in [6.45, 7) is 0. The Morgan fingerprint density at radius 3 is 2.50 bits per heavy atom. The van der Waals surface area contributed by atoms with E-state index in [-0.39, 0.29) is 11.3 Å². The van der Waals surface area contributed by atoms with E-state index in [1.54, 1.807) is 48.5 Å². The third-order valence-corrected chi connectivity index (χ3v) is 3.24. The fraction of sp³-hybridized carbons (Fsp3) is 0.0556. The van der Waals surface area contributed by atoms with E-state index in [9.17, 15) is 9.59 Å². The summed E-state index contributed by atoms with van der Waals surface area (Å²) in [4.78, 5) is 23.5. The Morgan fingerprint density at radius 2 is 1.88 bits per heavy atom. The van der Waals surface area contributed by atoms with E-state index in [0.717, 1.165) is 0 Å². The summed E-state index contributed by atoms with van der Waals surface area (Å²) in [5.74, 6) is -0.992. The van der Waals surface area contributed by atoms with Gasteiger partial charge in [0, 0.05) is 5.02 Å². The molecule has 0 atom stereocenters. The maximum Gasteiger partial charge on any atom is 0.348 e. The zero-order chi connectivity index (χ0) is 17.5. The molecule has 120 valence electrons. The van der Waals surface area contributed by atoms with Gasteiger partial charge >= 0.3 is 11.9 Å². The normalized spacial score (nSPS) is 10.6. The number of hydrogen-bond donors (Lipinski definition) is 0. The number of rotatable bonds is 4. The van der Waals surface area contributed by atoms with E-state index in [1.807, 2.05) is 0 Å². The summed E-state index contributed by atoms with van der Waals surface area (Å²) >= 11 is 5.77. The fourth-order valence-corrected chi connectivity index (χ4v) is 1.96. The molecule has 0 amide bonds. The molecule has 0 saturated heterocycles. The predicted molar refractivity (Wildman–Crippen MR) is 88.5 cm³/mol. The van der Waals surface area contributed by atoms with Gasteiger partial charge in [-0.2, -0.15) is 5.26 Å². The van der Waals surface area contributed by atoms with Crippen LogP contribution in [0.15, 0.2) is 54.1 Å². The van der Waals surface area contributed by atoms with Crippen LogP contribution in [0.3, 0.4) is 0 Å². The quantitative estimate of drug-likeness (QED) is 0.367. The van der Waals surface area contributed by atoms with E-state index in [2.05, 4.69) is 4.74 Å². The molecule has 0 N–H and O–H groups in total. The van der Waals surface area contributed by atoms with Gasteiger partial charge in [-0.3, -0.25) is 0 Å². The SMILES string of the molecule is COC(=O)/C(C#N)=C/c1cccc(OC(=O)c2ccc(Cl)cc2)c1. The maximum absolute atomic E-state index is 12.1. The van der Waals surface area contributed by atoms with Gasteiger partial charge in [-0.15, -0.1) is 0 Å². The highest BCUT2D eigenvalue weighted by Gasteiger charge is 2.11. The number of hydrogen-bond acceptors (Lipinski definition) is 5. The molecule has 2 rings (SSSR count). The minimum atomic E-state index is -0.735. The van der Waals surface area contributed by atoms with Crippen LogP contribution in [-0.4, -0.2) is 19.0 Å². The van der Waals surface area contributed by atoms with Crippen molar-refractivity contribution in [2.75, 3.05) is 7.11 Å². The van der Waals surface area contributed by atoms with Crippen molar-refractivity contribution in [1.82, 2.24) is 0 Å². The second kappa shape index (κ2) is 7.95. The van der Waals surface area contributed by atoms with Crippen LogP contribution in [0.5, 0.6) is 5.75 Å². The largest absolute Gasteiger partial charge is 0.465 e. The standard InChI is InChI=1S/C18H12ClNO4/c1-23-17(21)14(11-20)9-12-3-2-4-16(10-12)24-18(22)13-5-7-15(19)8-6-13/h2-10H,1H3/b14-9+. The van der Waals surface area contributed by atoms with E-state index >= 15 is 0 Å². The van der Waals surface area contributed by atoms with Gasteiger partial charge in [-0.05, 0) is 48.0 Å². The summed E-state index contributed by atoms with van der Waals surface area (Å²) in [6, 6.07) is 14.5. The highest BCUT2D eigenvalue weighted by Crippen LogP contribution is 2.18. The Morgan fingerprint density at radius 1 is 1.17 bits per heavy atom. The number of esters is 2. The average Bonchev–Trinajstić information content (AvgIpc) is 2.59. The predicted octanol–water partition coefficient (Wildman–Crippen LogP) is 3.64. The molecule has 0 aliphatic heterocycles. The molecule has 24 heavy (non-hydrogen) atoms. The van der Waals surface area contributed by atoms with Gasteiger partial charge < -0.3 is 9.47 Å². The molecule has 0 saturated carbocycles. The molecule has 0 radical (unpaired) electrons. The number of halogens is 1. The molecule has 0 unspecified atom stereocenters. The summed E-state index contributed by atoms with van der Waals surface area (Å²) in [7, 11) is 1.19. The minimum Gasteiger partial charge on any atom is -0.465 e. The molecule has 0 heterocycles. The van der Waals surface area contributed by atoms with Gasteiger partial charge in [-0.1, -0.05) is 23.7 Å². The monoisotopic (exact) mass is 341 g/mol. The molecule has 2 aromatic rings. The first-order valence-corrected chi connectivity index (χ1v) is 7.19. The molecule has 0 aromatic heterocycles. The third kappa shape index (κ3) is 4.45. The smallest absolute Gasteiger partial charge is 0.348 e.